The Kier molecular flexibility index (Phi) is 6.22. The SMILES string of the molecule is NCCNC(=O)CCNCc1ccccc1. The quantitative estimate of drug-likeness (QED) is 0.578. The van der Waals surface area contributed by atoms with Crippen LogP contribution in [0.2, 0.25) is 0 Å². The molecule has 0 spiro atoms. The van der Waals surface area contributed by atoms with Gasteiger partial charge in [-0.1, -0.05) is 30.3 Å². The van der Waals surface area contributed by atoms with Crippen LogP contribution in [0, 0.1) is 0 Å². The van der Waals surface area contributed by atoms with Crippen molar-refractivity contribution in [3.05, 3.63) is 35.9 Å². The summed E-state index contributed by atoms with van der Waals surface area (Å²) in [6.45, 7) is 2.52. The van der Waals surface area contributed by atoms with E-state index >= 15 is 0 Å². The molecule has 0 aromatic heterocycles. The lowest BCUT2D eigenvalue weighted by Gasteiger charge is -2.05. The Morgan fingerprint density at radius 1 is 1.19 bits per heavy atom. The number of nitrogens with one attached hydrogen (secondary N) is 2. The predicted molar refractivity (Wildman–Crippen MR) is 64.8 cm³/mol. The Labute approximate surface area is 96.2 Å². The van der Waals surface area contributed by atoms with Gasteiger partial charge in [0.15, 0.2) is 0 Å². The number of hydrogen-bond donors (Lipinski definition) is 3. The summed E-state index contributed by atoms with van der Waals surface area (Å²) >= 11 is 0. The number of rotatable bonds is 7. The monoisotopic (exact) mass is 221 g/mol. The van der Waals surface area contributed by atoms with Gasteiger partial charge in [-0.2, -0.15) is 0 Å². The molecule has 0 atom stereocenters. The van der Waals surface area contributed by atoms with Crippen LogP contribution >= 0.6 is 0 Å². The molecule has 4 nitrogen and oxygen atoms in total. The van der Waals surface area contributed by atoms with E-state index in [1.54, 1.807) is 0 Å². The summed E-state index contributed by atoms with van der Waals surface area (Å²) < 4.78 is 0. The van der Waals surface area contributed by atoms with Crippen LogP contribution in [0.25, 0.3) is 0 Å². The first kappa shape index (κ1) is 12.7. The lowest BCUT2D eigenvalue weighted by atomic mass is 10.2. The average Bonchev–Trinajstić information content (AvgIpc) is 2.33. The van der Waals surface area contributed by atoms with Crippen molar-refractivity contribution in [1.82, 2.24) is 10.6 Å². The fourth-order valence-electron chi connectivity index (χ4n) is 1.33. The Morgan fingerprint density at radius 3 is 2.62 bits per heavy atom. The summed E-state index contributed by atoms with van der Waals surface area (Å²) in [5, 5.41) is 5.94. The summed E-state index contributed by atoms with van der Waals surface area (Å²) in [5.74, 6) is 0.0472. The van der Waals surface area contributed by atoms with E-state index in [0.29, 0.717) is 26.1 Å². The summed E-state index contributed by atoms with van der Waals surface area (Å²) in [6, 6.07) is 10.1. The molecular weight excluding hydrogens is 202 g/mol. The highest BCUT2D eigenvalue weighted by Gasteiger charge is 1.98. The van der Waals surface area contributed by atoms with Crippen molar-refractivity contribution in [2.45, 2.75) is 13.0 Å². The normalized spacial score (nSPS) is 10.1. The molecule has 0 aliphatic rings. The van der Waals surface area contributed by atoms with Crippen molar-refractivity contribution in [2.75, 3.05) is 19.6 Å². The van der Waals surface area contributed by atoms with Gasteiger partial charge < -0.3 is 16.4 Å². The van der Waals surface area contributed by atoms with E-state index in [1.165, 1.54) is 5.56 Å². The lowest BCUT2D eigenvalue weighted by Crippen LogP contribution is -2.31. The highest BCUT2D eigenvalue weighted by molar-refractivity contribution is 5.76. The molecule has 88 valence electrons. The number of amides is 1. The van der Waals surface area contributed by atoms with E-state index in [1.807, 2.05) is 18.2 Å². The minimum Gasteiger partial charge on any atom is -0.355 e. The maximum atomic E-state index is 11.2. The zero-order chi connectivity index (χ0) is 11.6. The Hall–Kier alpha value is -1.39. The first-order valence-electron chi connectivity index (χ1n) is 5.54. The van der Waals surface area contributed by atoms with Crippen LogP contribution < -0.4 is 16.4 Å². The summed E-state index contributed by atoms with van der Waals surface area (Å²) in [4.78, 5) is 11.2. The number of benzene rings is 1. The highest BCUT2D eigenvalue weighted by Crippen LogP contribution is 1.96. The van der Waals surface area contributed by atoms with E-state index in [0.717, 1.165) is 6.54 Å². The summed E-state index contributed by atoms with van der Waals surface area (Å²) in [6.07, 6.45) is 0.493. The average molecular weight is 221 g/mol. The molecule has 0 bridgehead atoms. The molecule has 1 aromatic carbocycles. The molecule has 1 aromatic rings. The molecule has 0 radical (unpaired) electrons. The molecule has 0 saturated heterocycles. The minimum atomic E-state index is 0.0472. The highest BCUT2D eigenvalue weighted by atomic mass is 16.1. The van der Waals surface area contributed by atoms with E-state index in [9.17, 15) is 4.79 Å². The van der Waals surface area contributed by atoms with Crippen molar-refractivity contribution in [2.24, 2.45) is 5.73 Å². The molecule has 0 aliphatic heterocycles. The van der Waals surface area contributed by atoms with Gasteiger partial charge >= 0.3 is 0 Å². The second-order valence-corrected chi connectivity index (χ2v) is 3.55. The summed E-state index contributed by atoms with van der Waals surface area (Å²) in [5.41, 5.74) is 6.50. The molecule has 1 amide bonds. The third-order valence-corrected chi connectivity index (χ3v) is 2.17. The lowest BCUT2D eigenvalue weighted by molar-refractivity contribution is -0.120. The van der Waals surface area contributed by atoms with E-state index in [-0.39, 0.29) is 5.91 Å². The molecule has 0 heterocycles. The van der Waals surface area contributed by atoms with Crippen LogP contribution in [-0.4, -0.2) is 25.5 Å². The van der Waals surface area contributed by atoms with E-state index < -0.39 is 0 Å². The molecule has 0 aliphatic carbocycles. The van der Waals surface area contributed by atoms with Gasteiger partial charge in [-0.3, -0.25) is 4.79 Å². The largest absolute Gasteiger partial charge is 0.355 e. The topological polar surface area (TPSA) is 67.1 Å². The Morgan fingerprint density at radius 2 is 1.94 bits per heavy atom. The number of hydrogen-bond acceptors (Lipinski definition) is 3. The zero-order valence-corrected chi connectivity index (χ0v) is 9.41. The maximum absolute atomic E-state index is 11.2. The fourth-order valence-corrected chi connectivity index (χ4v) is 1.33. The molecule has 1 rings (SSSR count). The van der Waals surface area contributed by atoms with E-state index in [2.05, 4.69) is 22.8 Å². The van der Waals surface area contributed by atoms with Gasteiger partial charge in [0.25, 0.3) is 0 Å². The predicted octanol–water partition coefficient (Wildman–Crippen LogP) is 0.241. The second kappa shape index (κ2) is 7.84. The molecule has 4 N–H and O–H groups in total. The van der Waals surface area contributed by atoms with Gasteiger partial charge in [0.2, 0.25) is 5.91 Å². The molecule has 0 unspecified atom stereocenters. The smallest absolute Gasteiger partial charge is 0.221 e. The van der Waals surface area contributed by atoms with Gasteiger partial charge in [0.1, 0.15) is 0 Å². The number of nitrogens with two attached hydrogens (primary N) is 1. The van der Waals surface area contributed by atoms with Crippen LogP contribution in [0.1, 0.15) is 12.0 Å². The molecule has 0 fully saturated rings. The van der Waals surface area contributed by atoms with Gasteiger partial charge in [-0.05, 0) is 5.56 Å². The van der Waals surface area contributed by atoms with Crippen molar-refractivity contribution in [1.29, 1.82) is 0 Å². The van der Waals surface area contributed by atoms with Crippen molar-refractivity contribution < 1.29 is 4.79 Å². The van der Waals surface area contributed by atoms with Gasteiger partial charge in [-0.15, -0.1) is 0 Å². The Bertz CT molecular complexity index is 300. The standard InChI is InChI=1S/C12H19N3O/c13-7-9-15-12(16)6-8-14-10-11-4-2-1-3-5-11/h1-5,14H,6-10,13H2,(H,15,16). The third-order valence-electron chi connectivity index (χ3n) is 2.17. The van der Waals surface area contributed by atoms with Crippen LogP contribution in [0.4, 0.5) is 0 Å². The molecular formula is C12H19N3O. The zero-order valence-electron chi connectivity index (χ0n) is 9.41. The van der Waals surface area contributed by atoms with Crippen LogP contribution in [0.5, 0.6) is 0 Å². The maximum Gasteiger partial charge on any atom is 0.221 e. The molecule has 0 saturated carbocycles. The minimum absolute atomic E-state index is 0.0472. The Balaban J connectivity index is 2.06. The first-order valence-corrected chi connectivity index (χ1v) is 5.54. The molecule has 16 heavy (non-hydrogen) atoms. The van der Waals surface area contributed by atoms with Crippen LogP contribution in [0.3, 0.4) is 0 Å². The second-order valence-electron chi connectivity index (χ2n) is 3.55. The van der Waals surface area contributed by atoms with Crippen molar-refractivity contribution in [3.63, 3.8) is 0 Å². The van der Waals surface area contributed by atoms with Crippen LogP contribution in [-0.2, 0) is 11.3 Å². The fraction of sp³-hybridized carbons (Fsp3) is 0.417. The number of carbonyl (C=O) groups excluding carboxylic acids is 1. The van der Waals surface area contributed by atoms with Crippen LogP contribution in [0.15, 0.2) is 30.3 Å². The first-order chi connectivity index (χ1) is 7.83. The summed E-state index contributed by atoms with van der Waals surface area (Å²) in [7, 11) is 0. The van der Waals surface area contributed by atoms with Gasteiger partial charge in [0, 0.05) is 32.6 Å². The van der Waals surface area contributed by atoms with Crippen molar-refractivity contribution in [3.8, 4) is 0 Å². The third kappa shape index (κ3) is 5.48. The van der Waals surface area contributed by atoms with Gasteiger partial charge in [0.05, 0.1) is 0 Å². The molecule has 4 heteroatoms. The van der Waals surface area contributed by atoms with Gasteiger partial charge in [-0.25, -0.2) is 0 Å². The number of carbonyl (C=O) groups is 1. The van der Waals surface area contributed by atoms with Crippen molar-refractivity contribution >= 4 is 5.91 Å². The van der Waals surface area contributed by atoms with E-state index in [4.69, 9.17) is 5.73 Å².